The molecule has 0 aromatic heterocycles. The summed E-state index contributed by atoms with van der Waals surface area (Å²) in [5.74, 6) is 0.611. The Morgan fingerprint density at radius 1 is 1.05 bits per heavy atom. The van der Waals surface area contributed by atoms with Crippen molar-refractivity contribution in [2.24, 2.45) is 4.99 Å². The maximum atomic E-state index is 12.9. The molecule has 1 saturated heterocycles. The summed E-state index contributed by atoms with van der Waals surface area (Å²) in [4.78, 5) is 31.1. The largest absolute Gasteiger partial charge is 0.490 e. The third-order valence-corrected chi connectivity index (χ3v) is 6.66. The van der Waals surface area contributed by atoms with Gasteiger partial charge in [0.25, 0.3) is 5.91 Å². The number of esters is 1. The lowest BCUT2D eigenvalue weighted by atomic mass is 10.1. The molecule has 37 heavy (non-hydrogen) atoms. The van der Waals surface area contributed by atoms with Gasteiger partial charge < -0.3 is 14.2 Å². The van der Waals surface area contributed by atoms with Gasteiger partial charge in [0.2, 0.25) is 0 Å². The number of ether oxygens (including phenoxy) is 3. The first-order valence-corrected chi connectivity index (χ1v) is 12.7. The zero-order valence-corrected chi connectivity index (χ0v) is 22.1. The SMILES string of the molecule is CCOc1cc(C=C2SC(=Nc3ccc(C(=O)OC)cc3)N(C)C2=O)ccc1OCc1cccc(Cl)c1. The highest BCUT2D eigenvalue weighted by atomic mass is 35.5. The highest BCUT2D eigenvalue weighted by molar-refractivity contribution is 8.18. The second kappa shape index (κ2) is 12.0. The van der Waals surface area contributed by atoms with Crippen molar-refractivity contribution in [1.29, 1.82) is 0 Å². The van der Waals surface area contributed by atoms with Crippen molar-refractivity contribution in [3.8, 4) is 11.5 Å². The first-order chi connectivity index (χ1) is 17.9. The van der Waals surface area contributed by atoms with Crippen LogP contribution in [0.3, 0.4) is 0 Å². The number of thioether (sulfide) groups is 1. The van der Waals surface area contributed by atoms with Gasteiger partial charge in [-0.05, 0) is 84.4 Å². The Labute approximate surface area is 224 Å². The fourth-order valence-corrected chi connectivity index (χ4v) is 4.69. The van der Waals surface area contributed by atoms with Crippen LogP contribution in [0.5, 0.6) is 11.5 Å². The van der Waals surface area contributed by atoms with Crippen LogP contribution in [-0.4, -0.2) is 42.7 Å². The zero-order chi connectivity index (χ0) is 26.4. The van der Waals surface area contributed by atoms with Crippen molar-refractivity contribution in [2.45, 2.75) is 13.5 Å². The Balaban J connectivity index is 1.52. The van der Waals surface area contributed by atoms with Gasteiger partial charge in [0.15, 0.2) is 16.7 Å². The standard InChI is InChI=1S/C28H25ClN2O5S/c1-4-35-24-15-18(8-13-23(24)36-17-19-6-5-7-21(29)14-19)16-25-26(32)31(2)28(37-25)30-22-11-9-20(10-12-22)27(33)34-3/h5-16H,4,17H2,1-3H3. The van der Waals surface area contributed by atoms with Gasteiger partial charge in [-0.3, -0.25) is 9.69 Å². The summed E-state index contributed by atoms with van der Waals surface area (Å²) in [5.41, 5.74) is 2.80. The Kier molecular flexibility index (Phi) is 8.53. The van der Waals surface area contributed by atoms with E-state index < -0.39 is 5.97 Å². The normalized spacial score (nSPS) is 15.4. The van der Waals surface area contributed by atoms with Gasteiger partial charge in [-0.25, -0.2) is 9.79 Å². The Morgan fingerprint density at radius 2 is 1.84 bits per heavy atom. The van der Waals surface area contributed by atoms with E-state index in [-0.39, 0.29) is 5.91 Å². The molecule has 0 unspecified atom stereocenters. The smallest absolute Gasteiger partial charge is 0.337 e. The van der Waals surface area contributed by atoms with Gasteiger partial charge >= 0.3 is 5.97 Å². The molecule has 0 aliphatic carbocycles. The van der Waals surface area contributed by atoms with E-state index >= 15 is 0 Å². The van der Waals surface area contributed by atoms with Crippen LogP contribution in [0.25, 0.3) is 6.08 Å². The number of carbonyl (C=O) groups is 2. The summed E-state index contributed by atoms with van der Waals surface area (Å²) in [7, 11) is 3.01. The maximum Gasteiger partial charge on any atom is 0.337 e. The van der Waals surface area contributed by atoms with E-state index in [0.29, 0.717) is 51.1 Å². The lowest BCUT2D eigenvalue weighted by Crippen LogP contribution is -2.23. The number of nitrogens with zero attached hydrogens (tertiary/aromatic N) is 2. The Bertz CT molecular complexity index is 1370. The van der Waals surface area contributed by atoms with Crippen LogP contribution in [0.15, 0.2) is 76.6 Å². The second-order valence-corrected chi connectivity index (χ2v) is 9.41. The Morgan fingerprint density at radius 3 is 2.54 bits per heavy atom. The summed E-state index contributed by atoms with van der Waals surface area (Å²) >= 11 is 7.34. The van der Waals surface area contributed by atoms with E-state index in [1.54, 1.807) is 37.4 Å². The molecule has 1 amide bonds. The molecule has 190 valence electrons. The Hall–Kier alpha value is -3.75. The minimum atomic E-state index is -0.417. The number of methoxy groups -OCH3 is 1. The maximum absolute atomic E-state index is 12.9. The van der Waals surface area contributed by atoms with Crippen LogP contribution >= 0.6 is 23.4 Å². The lowest BCUT2D eigenvalue weighted by Gasteiger charge is -2.13. The number of hydrogen-bond donors (Lipinski definition) is 0. The lowest BCUT2D eigenvalue weighted by molar-refractivity contribution is -0.121. The molecule has 9 heteroatoms. The quantitative estimate of drug-likeness (QED) is 0.247. The molecule has 1 aliphatic rings. The summed E-state index contributed by atoms with van der Waals surface area (Å²) < 4.78 is 16.5. The number of amidine groups is 1. The number of halogens is 1. The number of amides is 1. The van der Waals surface area contributed by atoms with Crippen molar-refractivity contribution in [2.75, 3.05) is 20.8 Å². The first-order valence-electron chi connectivity index (χ1n) is 11.5. The van der Waals surface area contributed by atoms with Crippen LogP contribution in [0.1, 0.15) is 28.4 Å². The molecule has 1 fully saturated rings. The van der Waals surface area contributed by atoms with Crippen molar-refractivity contribution in [3.05, 3.63) is 93.3 Å². The molecule has 0 atom stereocenters. The topological polar surface area (TPSA) is 77.4 Å². The van der Waals surface area contributed by atoms with Gasteiger partial charge in [0.1, 0.15) is 6.61 Å². The van der Waals surface area contributed by atoms with Crippen molar-refractivity contribution >= 4 is 52.2 Å². The van der Waals surface area contributed by atoms with Crippen LogP contribution in [-0.2, 0) is 16.1 Å². The molecule has 0 radical (unpaired) electrons. The van der Waals surface area contributed by atoms with Crippen LogP contribution in [0, 0.1) is 0 Å². The number of hydrogen-bond acceptors (Lipinski definition) is 7. The highest BCUT2D eigenvalue weighted by Gasteiger charge is 2.30. The predicted octanol–water partition coefficient (Wildman–Crippen LogP) is 6.34. The van der Waals surface area contributed by atoms with E-state index in [4.69, 9.17) is 25.8 Å². The fourth-order valence-electron chi connectivity index (χ4n) is 3.49. The number of carbonyl (C=O) groups excluding carboxylic acids is 2. The monoisotopic (exact) mass is 536 g/mol. The van der Waals surface area contributed by atoms with E-state index in [9.17, 15) is 9.59 Å². The number of rotatable bonds is 8. The first kappa shape index (κ1) is 26.3. The molecule has 7 nitrogen and oxygen atoms in total. The van der Waals surface area contributed by atoms with Crippen LogP contribution < -0.4 is 9.47 Å². The van der Waals surface area contributed by atoms with Crippen molar-refractivity contribution in [3.63, 3.8) is 0 Å². The van der Waals surface area contributed by atoms with Gasteiger partial charge in [-0.15, -0.1) is 0 Å². The average molecular weight is 537 g/mol. The van der Waals surface area contributed by atoms with Gasteiger partial charge in [-0.1, -0.05) is 29.8 Å². The molecule has 4 rings (SSSR count). The second-order valence-electron chi connectivity index (χ2n) is 7.97. The third kappa shape index (κ3) is 6.53. The van der Waals surface area contributed by atoms with Crippen molar-refractivity contribution < 1.29 is 23.8 Å². The molecule has 0 spiro atoms. The van der Waals surface area contributed by atoms with Gasteiger partial charge in [0, 0.05) is 12.1 Å². The molecule has 0 N–H and O–H groups in total. The molecule has 1 heterocycles. The number of aliphatic imine (C=N–C) groups is 1. The number of likely N-dealkylation sites (N-methyl/N-ethyl adjacent to an activating group) is 1. The predicted molar refractivity (Wildman–Crippen MR) is 147 cm³/mol. The van der Waals surface area contributed by atoms with E-state index in [1.807, 2.05) is 49.4 Å². The minimum Gasteiger partial charge on any atom is -0.490 e. The van der Waals surface area contributed by atoms with E-state index in [2.05, 4.69) is 4.99 Å². The van der Waals surface area contributed by atoms with Crippen molar-refractivity contribution in [1.82, 2.24) is 4.90 Å². The molecule has 3 aromatic rings. The summed E-state index contributed by atoms with van der Waals surface area (Å²) in [6.45, 7) is 2.72. The molecular formula is C28H25ClN2O5S. The molecular weight excluding hydrogens is 512 g/mol. The molecule has 0 bridgehead atoms. The zero-order valence-electron chi connectivity index (χ0n) is 20.6. The summed E-state index contributed by atoms with van der Waals surface area (Å²) in [5, 5.41) is 1.19. The third-order valence-electron chi connectivity index (χ3n) is 5.37. The van der Waals surface area contributed by atoms with Gasteiger partial charge in [-0.2, -0.15) is 0 Å². The van der Waals surface area contributed by atoms with Gasteiger partial charge in [0.05, 0.1) is 29.9 Å². The van der Waals surface area contributed by atoms with E-state index in [0.717, 1.165) is 11.1 Å². The minimum absolute atomic E-state index is 0.158. The molecule has 0 saturated carbocycles. The molecule has 3 aromatic carbocycles. The number of benzene rings is 3. The molecule has 1 aliphatic heterocycles. The average Bonchev–Trinajstić information content (AvgIpc) is 3.16. The van der Waals surface area contributed by atoms with Crippen LogP contribution in [0.2, 0.25) is 5.02 Å². The summed E-state index contributed by atoms with van der Waals surface area (Å²) in [6, 6.07) is 19.7. The van der Waals surface area contributed by atoms with E-state index in [1.165, 1.54) is 23.8 Å². The summed E-state index contributed by atoms with van der Waals surface area (Å²) in [6.07, 6.45) is 1.80. The van der Waals surface area contributed by atoms with Crippen LogP contribution in [0.4, 0.5) is 5.69 Å². The highest BCUT2D eigenvalue weighted by Crippen LogP contribution is 2.35. The fraction of sp³-hybridized carbons (Fsp3) is 0.179.